The van der Waals surface area contributed by atoms with Crippen LogP contribution in [0.5, 0.6) is 0 Å². The summed E-state index contributed by atoms with van der Waals surface area (Å²) in [4.78, 5) is 23.8. The van der Waals surface area contributed by atoms with Crippen molar-refractivity contribution >= 4 is 23.5 Å². The summed E-state index contributed by atoms with van der Waals surface area (Å²) in [6.45, 7) is 0.504. The molecule has 0 aromatic heterocycles. The predicted octanol–water partition coefficient (Wildman–Crippen LogP) is 2.52. The van der Waals surface area contributed by atoms with Crippen LogP contribution in [-0.2, 0) is 16.0 Å². The maximum Gasteiger partial charge on any atom is 0.307 e. The van der Waals surface area contributed by atoms with Crippen LogP contribution in [0.25, 0.3) is 0 Å². The van der Waals surface area contributed by atoms with Crippen LogP contribution in [0.2, 0.25) is 5.02 Å². The number of carboxylic acid groups (broad SMARTS) is 1. The second-order valence-electron chi connectivity index (χ2n) is 6.01. The van der Waals surface area contributed by atoms with Crippen molar-refractivity contribution in [3.05, 3.63) is 47.0 Å². The lowest BCUT2D eigenvalue weighted by Gasteiger charge is -2.23. The van der Waals surface area contributed by atoms with E-state index in [1.54, 1.807) is 0 Å². The summed E-state index contributed by atoms with van der Waals surface area (Å²) in [5.74, 6) is -1.94. The monoisotopic (exact) mass is 319 g/mol. The average Bonchev–Trinajstić information content (AvgIpc) is 3.09. The van der Waals surface area contributed by atoms with E-state index in [4.69, 9.17) is 11.6 Å². The highest BCUT2D eigenvalue weighted by Crippen LogP contribution is 2.48. The van der Waals surface area contributed by atoms with Gasteiger partial charge in [0.05, 0.1) is 11.8 Å². The first-order chi connectivity index (χ1) is 10.6. The number of halogens is 1. The van der Waals surface area contributed by atoms with Gasteiger partial charge in [0, 0.05) is 11.6 Å². The SMILES string of the molecule is O=C(O)[C@@H]1[C@H](C(=O)NCCc2ccc(Cl)cc2)[C@@H]2C=C[C@H]1C2. The molecule has 0 unspecified atom stereocenters. The molecule has 1 aromatic carbocycles. The Hall–Kier alpha value is -1.81. The molecule has 116 valence electrons. The van der Waals surface area contributed by atoms with Gasteiger partial charge < -0.3 is 10.4 Å². The van der Waals surface area contributed by atoms with Crippen LogP contribution >= 0.6 is 11.6 Å². The van der Waals surface area contributed by atoms with Crippen LogP contribution in [-0.4, -0.2) is 23.5 Å². The zero-order valence-corrected chi connectivity index (χ0v) is 12.8. The van der Waals surface area contributed by atoms with E-state index < -0.39 is 17.8 Å². The fraction of sp³-hybridized carbons (Fsp3) is 0.412. The number of fused-ring (bicyclic) bond motifs is 2. The summed E-state index contributed by atoms with van der Waals surface area (Å²) in [7, 11) is 0. The van der Waals surface area contributed by atoms with Gasteiger partial charge in [-0.25, -0.2) is 0 Å². The van der Waals surface area contributed by atoms with Crippen molar-refractivity contribution < 1.29 is 14.7 Å². The third kappa shape index (κ3) is 2.88. The van der Waals surface area contributed by atoms with Crippen LogP contribution in [0.3, 0.4) is 0 Å². The minimum absolute atomic E-state index is 0.00881. The van der Waals surface area contributed by atoms with Crippen LogP contribution in [0.15, 0.2) is 36.4 Å². The molecule has 0 saturated heterocycles. The molecule has 2 aliphatic rings. The van der Waals surface area contributed by atoms with Crippen LogP contribution in [0.4, 0.5) is 0 Å². The Morgan fingerprint density at radius 2 is 1.77 bits per heavy atom. The highest BCUT2D eigenvalue weighted by molar-refractivity contribution is 6.30. The number of hydrogen-bond acceptors (Lipinski definition) is 2. The van der Waals surface area contributed by atoms with Crippen molar-refractivity contribution in [3.63, 3.8) is 0 Å². The van der Waals surface area contributed by atoms with Gasteiger partial charge >= 0.3 is 5.97 Å². The van der Waals surface area contributed by atoms with Gasteiger partial charge in [0.15, 0.2) is 0 Å². The number of amides is 1. The maximum atomic E-state index is 12.4. The summed E-state index contributed by atoms with van der Waals surface area (Å²) in [5.41, 5.74) is 1.09. The average molecular weight is 320 g/mol. The Labute approximate surface area is 134 Å². The van der Waals surface area contributed by atoms with E-state index in [1.165, 1.54) is 0 Å². The summed E-state index contributed by atoms with van der Waals surface area (Å²) >= 11 is 5.83. The van der Waals surface area contributed by atoms with E-state index in [1.807, 2.05) is 36.4 Å². The number of hydrogen-bond donors (Lipinski definition) is 2. The van der Waals surface area contributed by atoms with Crippen molar-refractivity contribution in [3.8, 4) is 0 Å². The van der Waals surface area contributed by atoms with Crippen molar-refractivity contribution in [1.82, 2.24) is 5.32 Å². The van der Waals surface area contributed by atoms with E-state index >= 15 is 0 Å². The molecule has 0 radical (unpaired) electrons. The molecule has 2 aliphatic carbocycles. The third-order valence-corrected chi connectivity index (χ3v) is 4.93. The first-order valence-electron chi connectivity index (χ1n) is 7.49. The quantitative estimate of drug-likeness (QED) is 0.820. The largest absolute Gasteiger partial charge is 0.481 e. The van der Waals surface area contributed by atoms with E-state index in [0.717, 1.165) is 12.0 Å². The summed E-state index contributed by atoms with van der Waals surface area (Å²) < 4.78 is 0. The lowest BCUT2D eigenvalue weighted by atomic mass is 9.82. The van der Waals surface area contributed by atoms with Crippen molar-refractivity contribution in [2.45, 2.75) is 12.8 Å². The summed E-state index contributed by atoms with van der Waals surface area (Å²) in [6, 6.07) is 7.49. The standard InChI is InChI=1S/C17H18ClNO3/c18-13-5-1-10(2-6-13)7-8-19-16(20)14-11-3-4-12(9-11)15(14)17(21)22/h1-6,11-12,14-15H,7-9H2,(H,19,20)(H,21,22)/t11-,12+,14-,15+/m1/s1. The lowest BCUT2D eigenvalue weighted by molar-refractivity contribution is -0.147. The molecule has 0 aliphatic heterocycles. The molecule has 2 N–H and O–H groups in total. The van der Waals surface area contributed by atoms with Gasteiger partial charge in [0.25, 0.3) is 0 Å². The predicted molar refractivity (Wildman–Crippen MR) is 83.5 cm³/mol. The summed E-state index contributed by atoms with van der Waals surface area (Å²) in [6.07, 6.45) is 5.43. The minimum Gasteiger partial charge on any atom is -0.481 e. The Balaban J connectivity index is 1.56. The molecule has 3 rings (SSSR count). The Morgan fingerprint density at radius 1 is 1.14 bits per heavy atom. The number of carbonyl (C=O) groups is 2. The molecular formula is C17H18ClNO3. The Bertz CT molecular complexity index is 611. The Kier molecular flexibility index (Phi) is 4.21. The lowest BCUT2D eigenvalue weighted by Crippen LogP contribution is -2.40. The number of rotatable bonds is 5. The molecule has 1 amide bonds. The molecule has 4 atom stereocenters. The second kappa shape index (κ2) is 6.13. The summed E-state index contributed by atoms with van der Waals surface area (Å²) in [5, 5.41) is 12.9. The van der Waals surface area contributed by atoms with E-state index in [0.29, 0.717) is 18.0 Å². The fourth-order valence-corrected chi connectivity index (χ4v) is 3.74. The molecule has 0 heterocycles. The second-order valence-corrected chi connectivity index (χ2v) is 6.44. The normalized spacial score (nSPS) is 28.8. The fourth-order valence-electron chi connectivity index (χ4n) is 3.62. The molecule has 4 nitrogen and oxygen atoms in total. The van der Waals surface area contributed by atoms with Crippen LogP contribution in [0, 0.1) is 23.7 Å². The molecule has 22 heavy (non-hydrogen) atoms. The van der Waals surface area contributed by atoms with E-state index in [9.17, 15) is 14.7 Å². The number of benzene rings is 1. The number of carboxylic acids is 1. The van der Waals surface area contributed by atoms with Gasteiger partial charge in [-0.05, 0) is 42.4 Å². The number of allylic oxidation sites excluding steroid dienone is 2. The highest BCUT2D eigenvalue weighted by Gasteiger charge is 2.51. The minimum atomic E-state index is -0.866. The first-order valence-corrected chi connectivity index (χ1v) is 7.87. The van der Waals surface area contributed by atoms with Crippen LogP contribution in [0.1, 0.15) is 12.0 Å². The van der Waals surface area contributed by atoms with Gasteiger partial charge in [0.2, 0.25) is 5.91 Å². The third-order valence-electron chi connectivity index (χ3n) is 4.67. The topological polar surface area (TPSA) is 66.4 Å². The zero-order chi connectivity index (χ0) is 15.7. The Morgan fingerprint density at radius 3 is 2.41 bits per heavy atom. The highest BCUT2D eigenvalue weighted by atomic mass is 35.5. The maximum absolute atomic E-state index is 12.4. The van der Waals surface area contributed by atoms with Gasteiger partial charge in [0.1, 0.15) is 0 Å². The molecular weight excluding hydrogens is 302 g/mol. The smallest absolute Gasteiger partial charge is 0.307 e. The van der Waals surface area contributed by atoms with Gasteiger partial charge in [-0.3, -0.25) is 9.59 Å². The molecule has 1 aromatic rings. The molecule has 1 fully saturated rings. The van der Waals surface area contributed by atoms with Gasteiger partial charge in [-0.15, -0.1) is 0 Å². The van der Waals surface area contributed by atoms with Gasteiger partial charge in [-0.2, -0.15) is 0 Å². The molecule has 2 bridgehead atoms. The van der Waals surface area contributed by atoms with Crippen molar-refractivity contribution in [2.75, 3.05) is 6.54 Å². The van der Waals surface area contributed by atoms with E-state index in [2.05, 4.69) is 5.32 Å². The van der Waals surface area contributed by atoms with Gasteiger partial charge in [-0.1, -0.05) is 35.9 Å². The molecule has 5 heteroatoms. The zero-order valence-electron chi connectivity index (χ0n) is 12.0. The number of nitrogens with one attached hydrogen (secondary N) is 1. The molecule has 0 spiro atoms. The number of aliphatic carboxylic acids is 1. The first kappa shape index (κ1) is 15.1. The van der Waals surface area contributed by atoms with Crippen molar-refractivity contribution in [2.24, 2.45) is 23.7 Å². The van der Waals surface area contributed by atoms with E-state index in [-0.39, 0.29) is 17.7 Å². The van der Waals surface area contributed by atoms with Crippen molar-refractivity contribution in [1.29, 1.82) is 0 Å². The number of carbonyl (C=O) groups excluding carboxylic acids is 1. The van der Waals surface area contributed by atoms with Crippen LogP contribution < -0.4 is 5.32 Å². The molecule has 1 saturated carbocycles.